The smallest absolute Gasteiger partial charge is 0.162 e. The Bertz CT molecular complexity index is 79.3. The SMILES string of the molecule is CCCCC(C)(O)OCC. The molecule has 0 heterocycles. The quantitative estimate of drug-likeness (QED) is 0.600. The molecule has 0 rings (SSSR count). The largest absolute Gasteiger partial charge is 0.366 e. The molecule has 1 N–H and O–H groups in total. The van der Waals surface area contributed by atoms with Crippen LogP contribution < -0.4 is 0 Å². The van der Waals surface area contributed by atoms with Crippen molar-refractivity contribution in [2.45, 2.75) is 45.8 Å². The maximum Gasteiger partial charge on any atom is 0.162 e. The first-order valence-electron chi connectivity index (χ1n) is 3.98. The van der Waals surface area contributed by atoms with E-state index in [9.17, 15) is 5.11 Å². The number of hydrogen-bond donors (Lipinski definition) is 1. The zero-order valence-corrected chi connectivity index (χ0v) is 7.18. The highest BCUT2D eigenvalue weighted by molar-refractivity contribution is 4.58. The van der Waals surface area contributed by atoms with Crippen molar-refractivity contribution < 1.29 is 9.84 Å². The molecule has 0 radical (unpaired) electrons. The van der Waals surface area contributed by atoms with Gasteiger partial charge in [-0.15, -0.1) is 0 Å². The lowest BCUT2D eigenvalue weighted by Crippen LogP contribution is -2.27. The first kappa shape index (κ1) is 9.92. The topological polar surface area (TPSA) is 29.5 Å². The molecule has 0 amide bonds. The molecule has 0 aliphatic rings. The van der Waals surface area contributed by atoms with Crippen molar-refractivity contribution in [2.24, 2.45) is 0 Å². The Kier molecular flexibility index (Phi) is 4.65. The van der Waals surface area contributed by atoms with Crippen LogP contribution in [0.15, 0.2) is 0 Å². The molecule has 0 aromatic rings. The summed E-state index contributed by atoms with van der Waals surface area (Å²) in [5.74, 6) is -0.898. The fourth-order valence-corrected chi connectivity index (χ4v) is 0.888. The van der Waals surface area contributed by atoms with Crippen LogP contribution in [0, 0.1) is 0 Å². The molecule has 0 spiro atoms. The Balaban J connectivity index is 3.42. The third-order valence-corrected chi connectivity index (χ3v) is 1.45. The van der Waals surface area contributed by atoms with Gasteiger partial charge >= 0.3 is 0 Å². The molecule has 2 nitrogen and oxygen atoms in total. The van der Waals surface area contributed by atoms with E-state index >= 15 is 0 Å². The van der Waals surface area contributed by atoms with Crippen LogP contribution in [0.2, 0.25) is 0 Å². The fourth-order valence-electron chi connectivity index (χ4n) is 0.888. The Morgan fingerprint density at radius 3 is 2.40 bits per heavy atom. The van der Waals surface area contributed by atoms with Crippen molar-refractivity contribution in [2.75, 3.05) is 6.61 Å². The third-order valence-electron chi connectivity index (χ3n) is 1.45. The van der Waals surface area contributed by atoms with Crippen LogP contribution in [0.5, 0.6) is 0 Å². The van der Waals surface area contributed by atoms with Crippen LogP contribution in [0.4, 0.5) is 0 Å². The average molecular weight is 146 g/mol. The van der Waals surface area contributed by atoms with E-state index in [1.54, 1.807) is 6.92 Å². The van der Waals surface area contributed by atoms with Crippen LogP contribution in [-0.4, -0.2) is 17.5 Å². The van der Waals surface area contributed by atoms with Gasteiger partial charge in [0.2, 0.25) is 0 Å². The predicted molar refractivity (Wildman–Crippen MR) is 41.8 cm³/mol. The van der Waals surface area contributed by atoms with E-state index in [1.165, 1.54) is 0 Å². The van der Waals surface area contributed by atoms with Gasteiger partial charge in [0.25, 0.3) is 0 Å². The Hall–Kier alpha value is -0.0800. The van der Waals surface area contributed by atoms with Crippen molar-refractivity contribution in [3.05, 3.63) is 0 Å². The van der Waals surface area contributed by atoms with Crippen molar-refractivity contribution in [3.8, 4) is 0 Å². The third kappa shape index (κ3) is 4.77. The summed E-state index contributed by atoms with van der Waals surface area (Å²) in [6, 6.07) is 0. The molecule has 0 fully saturated rings. The summed E-state index contributed by atoms with van der Waals surface area (Å²) in [6.07, 6.45) is 2.85. The lowest BCUT2D eigenvalue weighted by molar-refractivity contribution is -0.191. The maximum absolute atomic E-state index is 9.42. The van der Waals surface area contributed by atoms with Gasteiger partial charge in [-0.2, -0.15) is 0 Å². The molecule has 0 aromatic heterocycles. The highest BCUT2D eigenvalue weighted by Crippen LogP contribution is 2.14. The fraction of sp³-hybridized carbons (Fsp3) is 1.00. The van der Waals surface area contributed by atoms with Crippen LogP contribution in [0.3, 0.4) is 0 Å². The lowest BCUT2D eigenvalue weighted by atomic mass is 10.1. The van der Waals surface area contributed by atoms with Gasteiger partial charge in [-0.3, -0.25) is 0 Å². The first-order chi connectivity index (χ1) is 4.62. The van der Waals surface area contributed by atoms with Crippen LogP contribution in [-0.2, 0) is 4.74 Å². The zero-order valence-electron chi connectivity index (χ0n) is 7.18. The van der Waals surface area contributed by atoms with E-state index in [4.69, 9.17) is 4.74 Å². The van der Waals surface area contributed by atoms with Gasteiger partial charge in [0, 0.05) is 13.0 Å². The average Bonchev–Trinajstić information content (AvgIpc) is 1.84. The summed E-state index contributed by atoms with van der Waals surface area (Å²) >= 11 is 0. The Labute approximate surface area is 63.2 Å². The molecular formula is C8H18O2. The number of hydrogen-bond acceptors (Lipinski definition) is 2. The Morgan fingerprint density at radius 1 is 1.40 bits per heavy atom. The molecule has 0 bridgehead atoms. The van der Waals surface area contributed by atoms with Gasteiger partial charge in [0.15, 0.2) is 5.79 Å². The van der Waals surface area contributed by atoms with Gasteiger partial charge in [0.05, 0.1) is 0 Å². The molecule has 1 unspecified atom stereocenters. The standard InChI is InChI=1S/C8H18O2/c1-4-6-7-8(3,9)10-5-2/h9H,4-7H2,1-3H3. The zero-order chi connectivity index (χ0) is 8.04. The second kappa shape index (κ2) is 4.69. The van der Waals surface area contributed by atoms with Crippen LogP contribution >= 0.6 is 0 Å². The van der Waals surface area contributed by atoms with E-state index in [0.29, 0.717) is 6.61 Å². The molecule has 0 aliphatic heterocycles. The second-order valence-electron chi connectivity index (χ2n) is 2.71. The summed E-state index contributed by atoms with van der Waals surface area (Å²) in [7, 11) is 0. The Morgan fingerprint density at radius 2 is 2.00 bits per heavy atom. The number of aliphatic hydroxyl groups is 1. The van der Waals surface area contributed by atoms with Gasteiger partial charge in [-0.05, 0) is 20.3 Å². The highest BCUT2D eigenvalue weighted by Gasteiger charge is 2.18. The van der Waals surface area contributed by atoms with E-state index in [-0.39, 0.29) is 0 Å². The van der Waals surface area contributed by atoms with E-state index in [1.807, 2.05) is 6.92 Å². The van der Waals surface area contributed by atoms with Gasteiger partial charge < -0.3 is 9.84 Å². The summed E-state index contributed by atoms with van der Waals surface area (Å²) < 4.78 is 5.09. The molecule has 0 aromatic carbocycles. The second-order valence-corrected chi connectivity index (χ2v) is 2.71. The van der Waals surface area contributed by atoms with Gasteiger partial charge in [-0.1, -0.05) is 13.3 Å². The first-order valence-corrected chi connectivity index (χ1v) is 3.98. The van der Waals surface area contributed by atoms with Crippen molar-refractivity contribution >= 4 is 0 Å². The predicted octanol–water partition coefficient (Wildman–Crippen LogP) is 1.92. The minimum absolute atomic E-state index is 0.580. The van der Waals surface area contributed by atoms with Crippen molar-refractivity contribution in [1.29, 1.82) is 0 Å². The molecule has 0 saturated heterocycles. The van der Waals surface area contributed by atoms with Gasteiger partial charge in [0.1, 0.15) is 0 Å². The number of ether oxygens (including phenoxy) is 1. The highest BCUT2D eigenvalue weighted by atomic mass is 16.6. The molecule has 1 atom stereocenters. The summed E-state index contributed by atoms with van der Waals surface area (Å²) in [5, 5.41) is 9.42. The van der Waals surface area contributed by atoms with Crippen molar-refractivity contribution in [3.63, 3.8) is 0 Å². The summed E-state index contributed by atoms with van der Waals surface area (Å²) in [6.45, 7) is 6.28. The summed E-state index contributed by atoms with van der Waals surface area (Å²) in [5.41, 5.74) is 0. The van der Waals surface area contributed by atoms with E-state index < -0.39 is 5.79 Å². The monoisotopic (exact) mass is 146 g/mol. The van der Waals surface area contributed by atoms with Gasteiger partial charge in [-0.25, -0.2) is 0 Å². The molecule has 62 valence electrons. The number of unbranched alkanes of at least 4 members (excludes halogenated alkanes) is 1. The van der Waals surface area contributed by atoms with E-state index in [2.05, 4.69) is 6.92 Å². The van der Waals surface area contributed by atoms with Crippen molar-refractivity contribution in [1.82, 2.24) is 0 Å². The molecule has 0 saturated carbocycles. The molecule has 2 heteroatoms. The molecular weight excluding hydrogens is 128 g/mol. The van der Waals surface area contributed by atoms with Crippen LogP contribution in [0.1, 0.15) is 40.0 Å². The molecule has 10 heavy (non-hydrogen) atoms. The van der Waals surface area contributed by atoms with Crippen LogP contribution in [0.25, 0.3) is 0 Å². The minimum atomic E-state index is -0.898. The maximum atomic E-state index is 9.42. The number of rotatable bonds is 5. The molecule has 0 aliphatic carbocycles. The summed E-state index contributed by atoms with van der Waals surface area (Å²) in [4.78, 5) is 0. The van der Waals surface area contributed by atoms with E-state index in [0.717, 1.165) is 19.3 Å². The normalized spacial score (nSPS) is 16.8. The lowest BCUT2D eigenvalue weighted by Gasteiger charge is -2.22. The minimum Gasteiger partial charge on any atom is -0.366 e.